The van der Waals surface area contributed by atoms with Gasteiger partial charge in [-0.1, -0.05) is 36.9 Å². The minimum absolute atomic E-state index is 0.124. The Morgan fingerprint density at radius 3 is 2.92 bits per heavy atom. The predicted octanol–water partition coefficient (Wildman–Crippen LogP) is 3.26. The van der Waals surface area contributed by atoms with Crippen LogP contribution in [-0.2, 0) is 11.2 Å². The van der Waals surface area contributed by atoms with E-state index in [0.717, 1.165) is 17.7 Å². The molecule has 7 heteroatoms. The second-order valence-corrected chi connectivity index (χ2v) is 6.46. The normalized spacial score (nSPS) is 10.6. The number of aromatic nitrogens is 4. The first-order chi connectivity index (χ1) is 12.2. The van der Waals surface area contributed by atoms with Crippen LogP contribution in [0, 0.1) is 6.92 Å². The third-order valence-electron chi connectivity index (χ3n) is 3.66. The molecule has 0 fully saturated rings. The maximum atomic E-state index is 12.2. The summed E-state index contributed by atoms with van der Waals surface area (Å²) < 4.78 is 1.92. The highest BCUT2D eigenvalue weighted by molar-refractivity contribution is 7.99. The molecule has 0 saturated heterocycles. The molecule has 0 spiro atoms. The lowest BCUT2D eigenvalue weighted by Crippen LogP contribution is -2.15. The van der Waals surface area contributed by atoms with Crippen molar-refractivity contribution >= 4 is 23.5 Å². The van der Waals surface area contributed by atoms with Gasteiger partial charge in [-0.3, -0.25) is 9.36 Å². The van der Waals surface area contributed by atoms with E-state index in [1.54, 1.807) is 12.5 Å². The molecule has 0 aliphatic carbocycles. The van der Waals surface area contributed by atoms with E-state index in [2.05, 4.69) is 33.5 Å². The van der Waals surface area contributed by atoms with Crippen molar-refractivity contribution in [2.45, 2.75) is 25.4 Å². The number of carbonyl (C=O) groups excluding carboxylic acids is 1. The van der Waals surface area contributed by atoms with Gasteiger partial charge in [0, 0.05) is 6.20 Å². The van der Waals surface area contributed by atoms with Crippen molar-refractivity contribution in [3.63, 3.8) is 0 Å². The topological polar surface area (TPSA) is 72.7 Å². The zero-order chi connectivity index (χ0) is 17.6. The molecule has 0 atom stereocenters. The van der Waals surface area contributed by atoms with Gasteiger partial charge in [-0.15, -0.1) is 10.2 Å². The number of nitrogens with zero attached hydrogens (tertiary/aromatic N) is 4. The zero-order valence-electron chi connectivity index (χ0n) is 14.1. The monoisotopic (exact) mass is 353 g/mol. The van der Waals surface area contributed by atoms with Crippen LogP contribution in [0.25, 0.3) is 5.69 Å². The number of aryl methyl sites for hydroxylation is 2. The molecule has 0 radical (unpaired) electrons. The molecule has 3 aromatic rings. The first-order valence-electron chi connectivity index (χ1n) is 8.01. The largest absolute Gasteiger partial charge is 0.310 e. The summed E-state index contributed by atoms with van der Waals surface area (Å²) in [5, 5.41) is 11.6. The van der Waals surface area contributed by atoms with Crippen molar-refractivity contribution in [2.24, 2.45) is 0 Å². The van der Waals surface area contributed by atoms with Crippen LogP contribution < -0.4 is 5.32 Å². The van der Waals surface area contributed by atoms with E-state index in [1.165, 1.54) is 17.3 Å². The van der Waals surface area contributed by atoms with Crippen LogP contribution in [-0.4, -0.2) is 31.4 Å². The second kappa shape index (κ2) is 7.94. The van der Waals surface area contributed by atoms with E-state index < -0.39 is 0 Å². The van der Waals surface area contributed by atoms with Crippen LogP contribution in [0.5, 0.6) is 0 Å². The lowest BCUT2D eigenvalue weighted by Gasteiger charge is -2.10. The molecule has 0 unspecified atom stereocenters. The summed E-state index contributed by atoms with van der Waals surface area (Å²) in [4.78, 5) is 16.3. The van der Waals surface area contributed by atoms with Crippen LogP contribution in [0.1, 0.15) is 18.1 Å². The first-order valence-corrected chi connectivity index (χ1v) is 8.99. The number of carbonyl (C=O) groups is 1. The van der Waals surface area contributed by atoms with Crippen LogP contribution in [0.2, 0.25) is 0 Å². The van der Waals surface area contributed by atoms with Crippen molar-refractivity contribution in [1.82, 2.24) is 19.7 Å². The van der Waals surface area contributed by atoms with Crippen molar-refractivity contribution < 1.29 is 4.79 Å². The molecule has 0 bridgehead atoms. The van der Waals surface area contributed by atoms with E-state index in [4.69, 9.17) is 0 Å². The fourth-order valence-corrected chi connectivity index (χ4v) is 3.17. The highest BCUT2D eigenvalue weighted by Crippen LogP contribution is 2.22. The Morgan fingerprint density at radius 2 is 2.12 bits per heavy atom. The Bertz CT molecular complexity index is 877. The molecular weight excluding hydrogens is 334 g/mol. The van der Waals surface area contributed by atoms with Gasteiger partial charge in [0.1, 0.15) is 12.1 Å². The van der Waals surface area contributed by atoms with E-state index in [0.29, 0.717) is 11.0 Å². The van der Waals surface area contributed by atoms with Gasteiger partial charge in [-0.05, 0) is 42.7 Å². The lowest BCUT2D eigenvalue weighted by molar-refractivity contribution is -0.113. The fraction of sp³-hybridized carbons (Fsp3) is 0.222. The van der Waals surface area contributed by atoms with Crippen LogP contribution in [0.4, 0.5) is 5.82 Å². The highest BCUT2D eigenvalue weighted by Gasteiger charge is 2.12. The maximum absolute atomic E-state index is 12.2. The van der Waals surface area contributed by atoms with Gasteiger partial charge in [0.05, 0.1) is 11.4 Å². The van der Waals surface area contributed by atoms with Crippen LogP contribution in [0.3, 0.4) is 0 Å². The van der Waals surface area contributed by atoms with Crippen molar-refractivity contribution in [2.75, 3.05) is 11.1 Å². The molecule has 3 rings (SSSR count). The number of nitrogens with one attached hydrogen (secondary N) is 1. The summed E-state index contributed by atoms with van der Waals surface area (Å²) in [6, 6.07) is 11.8. The van der Waals surface area contributed by atoms with Gasteiger partial charge < -0.3 is 5.32 Å². The summed E-state index contributed by atoms with van der Waals surface area (Å²) >= 11 is 1.35. The number of thioether (sulfide) groups is 1. The van der Waals surface area contributed by atoms with E-state index >= 15 is 0 Å². The molecular formula is C18H19N5OS. The number of para-hydroxylation sites is 1. The van der Waals surface area contributed by atoms with Crippen LogP contribution in [0.15, 0.2) is 54.1 Å². The second-order valence-electron chi connectivity index (χ2n) is 5.52. The Kier molecular flexibility index (Phi) is 5.45. The molecule has 0 aliphatic heterocycles. The van der Waals surface area contributed by atoms with Gasteiger partial charge in [0.25, 0.3) is 0 Å². The molecule has 25 heavy (non-hydrogen) atoms. The highest BCUT2D eigenvalue weighted by atomic mass is 32.2. The summed E-state index contributed by atoms with van der Waals surface area (Å²) in [5.41, 5.74) is 3.30. The Morgan fingerprint density at radius 1 is 1.28 bits per heavy atom. The molecule has 1 aromatic carbocycles. The Balaban J connectivity index is 1.68. The zero-order valence-corrected chi connectivity index (χ0v) is 15.0. The van der Waals surface area contributed by atoms with E-state index in [-0.39, 0.29) is 11.7 Å². The third kappa shape index (κ3) is 4.24. The number of hydrogen-bond acceptors (Lipinski definition) is 5. The Hall–Kier alpha value is -2.67. The minimum atomic E-state index is -0.124. The molecule has 6 nitrogen and oxygen atoms in total. The summed E-state index contributed by atoms with van der Waals surface area (Å²) in [6.07, 6.45) is 4.27. The molecule has 1 amide bonds. The van der Waals surface area contributed by atoms with Gasteiger partial charge in [-0.2, -0.15) is 0 Å². The Labute approximate surface area is 150 Å². The number of anilines is 1. The molecule has 2 heterocycles. The fourth-order valence-electron chi connectivity index (χ4n) is 2.45. The molecule has 1 N–H and O–H groups in total. The summed E-state index contributed by atoms with van der Waals surface area (Å²) in [6.45, 7) is 4.07. The lowest BCUT2D eigenvalue weighted by atomic mass is 10.1. The number of amides is 1. The number of benzene rings is 1. The minimum Gasteiger partial charge on any atom is -0.310 e. The average Bonchev–Trinajstić information content (AvgIpc) is 3.08. The smallest absolute Gasteiger partial charge is 0.236 e. The quantitative estimate of drug-likeness (QED) is 0.689. The molecule has 0 saturated carbocycles. The summed E-state index contributed by atoms with van der Waals surface area (Å²) in [7, 11) is 0. The SMILES string of the molecule is CCc1ccccc1-n1cnnc1SCC(=O)Nc1cc(C)ccn1. The van der Waals surface area contributed by atoms with E-state index in [9.17, 15) is 4.79 Å². The van der Waals surface area contributed by atoms with Crippen molar-refractivity contribution in [3.8, 4) is 5.69 Å². The molecule has 0 aliphatic rings. The first kappa shape index (κ1) is 17.2. The van der Waals surface area contributed by atoms with Crippen LogP contribution >= 0.6 is 11.8 Å². The average molecular weight is 353 g/mol. The van der Waals surface area contributed by atoms with E-state index in [1.807, 2.05) is 41.8 Å². The van der Waals surface area contributed by atoms with Gasteiger partial charge >= 0.3 is 0 Å². The number of pyridine rings is 1. The van der Waals surface area contributed by atoms with Gasteiger partial charge in [0.2, 0.25) is 5.91 Å². The summed E-state index contributed by atoms with van der Waals surface area (Å²) in [5.74, 6) is 0.674. The van der Waals surface area contributed by atoms with Crippen molar-refractivity contribution in [3.05, 3.63) is 60.0 Å². The standard InChI is InChI=1S/C18H19N5OS/c1-3-14-6-4-5-7-15(14)23-12-20-22-18(23)25-11-17(24)21-16-10-13(2)8-9-19-16/h4-10,12H,3,11H2,1-2H3,(H,19,21,24). The third-order valence-corrected chi connectivity index (χ3v) is 4.61. The molecule has 2 aromatic heterocycles. The number of hydrogen-bond donors (Lipinski definition) is 1. The maximum Gasteiger partial charge on any atom is 0.236 e. The predicted molar refractivity (Wildman–Crippen MR) is 99.1 cm³/mol. The van der Waals surface area contributed by atoms with Crippen molar-refractivity contribution in [1.29, 1.82) is 0 Å². The van der Waals surface area contributed by atoms with Gasteiger partial charge in [0.15, 0.2) is 5.16 Å². The number of rotatable bonds is 6. The molecule has 128 valence electrons. The van der Waals surface area contributed by atoms with Gasteiger partial charge in [-0.25, -0.2) is 4.98 Å².